The predicted molar refractivity (Wildman–Crippen MR) is 110 cm³/mol. The summed E-state index contributed by atoms with van der Waals surface area (Å²) < 4.78 is 5.20. The summed E-state index contributed by atoms with van der Waals surface area (Å²) >= 11 is 5.13. The normalized spacial score (nSPS) is 11.7. The molecule has 1 rings (SSSR count). The van der Waals surface area contributed by atoms with Crippen LogP contribution in [0.25, 0.3) is 0 Å². The van der Waals surface area contributed by atoms with Gasteiger partial charge in [0.25, 0.3) is 11.8 Å². The third-order valence-electron chi connectivity index (χ3n) is 3.89. The van der Waals surface area contributed by atoms with Gasteiger partial charge in [0.1, 0.15) is 11.8 Å². The third-order valence-corrected chi connectivity index (χ3v) is 4.14. The lowest BCUT2D eigenvalue weighted by atomic mass is 10.0. The lowest BCUT2D eigenvalue weighted by Crippen LogP contribution is -2.55. The average Bonchev–Trinajstić information content (AvgIpc) is 2.63. The number of amides is 2. The summed E-state index contributed by atoms with van der Waals surface area (Å²) in [5, 5.41) is 6.11. The van der Waals surface area contributed by atoms with Gasteiger partial charge in [-0.2, -0.15) is 0 Å². The molecule has 1 atom stereocenters. The van der Waals surface area contributed by atoms with Crippen LogP contribution in [0, 0.1) is 11.8 Å². The molecule has 0 bridgehead atoms. The Hall–Kier alpha value is -2.35. The minimum Gasteiger partial charge on any atom is -0.496 e. The first-order valence-corrected chi connectivity index (χ1v) is 9.44. The Balaban J connectivity index is 2.63. The van der Waals surface area contributed by atoms with E-state index in [-0.39, 0.29) is 17.7 Å². The van der Waals surface area contributed by atoms with Crippen molar-refractivity contribution in [1.29, 1.82) is 0 Å². The summed E-state index contributed by atoms with van der Waals surface area (Å²) in [4.78, 5) is 25.0. The van der Waals surface area contributed by atoms with E-state index in [1.807, 2.05) is 13.8 Å². The average molecular weight is 395 g/mol. The molecule has 0 aromatic heterocycles. The van der Waals surface area contributed by atoms with Gasteiger partial charge in [0.15, 0.2) is 5.11 Å². The van der Waals surface area contributed by atoms with Crippen LogP contribution in [0.4, 0.5) is 0 Å². The number of carbonyl (C=O) groups excluding carboxylic acids is 2. The standard InChI is InChI=1S/C19H30N4O3S/c1-12(2)10-11-20-19(27)23-22-18(25)16(13(3)4)21-17(24)14-8-6-7-9-15(14)26-5/h6-9,12-13,16H,10-11H2,1-5H3,(H,21,24)(H,22,25)(H2,20,23,27)/t16-/m0/s1. The molecule has 7 nitrogen and oxygen atoms in total. The molecule has 1 aromatic carbocycles. The molecule has 150 valence electrons. The van der Waals surface area contributed by atoms with Gasteiger partial charge >= 0.3 is 0 Å². The molecule has 0 radical (unpaired) electrons. The van der Waals surface area contributed by atoms with Crippen LogP contribution in [0.1, 0.15) is 44.5 Å². The van der Waals surface area contributed by atoms with Crippen LogP contribution in [0.2, 0.25) is 0 Å². The lowest BCUT2D eigenvalue weighted by Gasteiger charge is -2.23. The predicted octanol–water partition coefficient (Wildman–Crippen LogP) is 1.99. The lowest BCUT2D eigenvalue weighted by molar-refractivity contribution is -0.124. The van der Waals surface area contributed by atoms with E-state index >= 15 is 0 Å². The smallest absolute Gasteiger partial charge is 0.261 e. The molecule has 0 heterocycles. The van der Waals surface area contributed by atoms with Gasteiger partial charge in [-0.3, -0.25) is 20.4 Å². The number of benzene rings is 1. The van der Waals surface area contributed by atoms with Crippen molar-refractivity contribution in [3.05, 3.63) is 29.8 Å². The minimum atomic E-state index is -0.728. The van der Waals surface area contributed by atoms with E-state index in [2.05, 4.69) is 35.3 Å². The van der Waals surface area contributed by atoms with E-state index in [0.29, 0.717) is 22.3 Å². The number of methoxy groups -OCH3 is 1. The molecular weight excluding hydrogens is 364 g/mol. The molecule has 0 unspecified atom stereocenters. The number of rotatable bonds is 8. The van der Waals surface area contributed by atoms with E-state index in [9.17, 15) is 9.59 Å². The molecule has 0 saturated carbocycles. The van der Waals surface area contributed by atoms with Crippen molar-refractivity contribution in [3.63, 3.8) is 0 Å². The maximum atomic E-state index is 12.6. The van der Waals surface area contributed by atoms with E-state index in [0.717, 1.165) is 13.0 Å². The number of carbonyl (C=O) groups is 2. The van der Waals surface area contributed by atoms with Crippen LogP contribution in [0.5, 0.6) is 5.75 Å². The molecule has 0 fully saturated rings. The van der Waals surface area contributed by atoms with Crippen LogP contribution in [-0.4, -0.2) is 36.6 Å². The molecule has 4 N–H and O–H groups in total. The van der Waals surface area contributed by atoms with Crippen LogP contribution in [0.15, 0.2) is 24.3 Å². The summed E-state index contributed by atoms with van der Waals surface area (Å²) in [5.41, 5.74) is 5.59. The van der Waals surface area contributed by atoms with Gasteiger partial charge in [-0.1, -0.05) is 39.8 Å². The van der Waals surface area contributed by atoms with Crippen LogP contribution < -0.4 is 26.2 Å². The van der Waals surface area contributed by atoms with E-state index in [1.165, 1.54) is 7.11 Å². The largest absolute Gasteiger partial charge is 0.496 e. The summed E-state index contributed by atoms with van der Waals surface area (Å²) in [6, 6.07) is 6.13. The summed E-state index contributed by atoms with van der Waals surface area (Å²) in [5.74, 6) is 0.144. The van der Waals surface area contributed by atoms with E-state index in [1.54, 1.807) is 24.3 Å². The van der Waals surface area contributed by atoms with Gasteiger partial charge in [-0.15, -0.1) is 0 Å². The van der Waals surface area contributed by atoms with Crippen molar-refractivity contribution in [2.75, 3.05) is 13.7 Å². The van der Waals surface area contributed by atoms with Crippen LogP contribution in [0.3, 0.4) is 0 Å². The molecule has 1 aromatic rings. The Bertz CT molecular complexity index is 650. The fourth-order valence-corrected chi connectivity index (χ4v) is 2.45. The Morgan fingerprint density at radius 1 is 1.11 bits per heavy atom. The monoisotopic (exact) mass is 394 g/mol. The van der Waals surface area contributed by atoms with Crippen molar-refractivity contribution in [3.8, 4) is 5.75 Å². The molecule has 27 heavy (non-hydrogen) atoms. The van der Waals surface area contributed by atoms with Gasteiger partial charge in [-0.05, 0) is 42.6 Å². The molecule has 0 aliphatic carbocycles. The summed E-state index contributed by atoms with van der Waals surface area (Å²) in [6.45, 7) is 8.67. The van der Waals surface area contributed by atoms with E-state index < -0.39 is 6.04 Å². The quantitative estimate of drug-likeness (QED) is 0.398. The third kappa shape index (κ3) is 7.82. The fraction of sp³-hybridized carbons (Fsp3) is 0.526. The molecule has 2 amide bonds. The number of para-hydroxylation sites is 1. The molecule has 0 aliphatic heterocycles. The van der Waals surface area contributed by atoms with Gasteiger partial charge in [0.2, 0.25) is 0 Å². The molecule has 0 saturated heterocycles. The highest BCUT2D eigenvalue weighted by Crippen LogP contribution is 2.17. The number of nitrogens with one attached hydrogen (secondary N) is 4. The maximum absolute atomic E-state index is 12.6. The van der Waals surface area contributed by atoms with Gasteiger partial charge in [0, 0.05) is 6.54 Å². The summed E-state index contributed by atoms with van der Waals surface area (Å²) in [7, 11) is 1.50. The molecule has 0 aliphatic rings. The first-order chi connectivity index (χ1) is 12.8. The van der Waals surface area contributed by atoms with Crippen molar-refractivity contribution in [2.45, 2.75) is 40.2 Å². The number of ether oxygens (including phenoxy) is 1. The maximum Gasteiger partial charge on any atom is 0.261 e. The topological polar surface area (TPSA) is 91.5 Å². The SMILES string of the molecule is COc1ccccc1C(=O)N[C@H](C(=O)NNC(=S)NCCC(C)C)C(C)C. The minimum absolute atomic E-state index is 0.118. The highest BCUT2D eigenvalue weighted by Gasteiger charge is 2.25. The van der Waals surface area contributed by atoms with Crippen LogP contribution >= 0.6 is 12.2 Å². The number of hydrogen-bond donors (Lipinski definition) is 4. The van der Waals surface area contributed by atoms with Gasteiger partial charge in [0.05, 0.1) is 12.7 Å². The fourth-order valence-electron chi connectivity index (χ4n) is 2.30. The summed E-state index contributed by atoms with van der Waals surface area (Å²) in [6.07, 6.45) is 0.972. The first kappa shape index (κ1) is 22.7. The number of thiocarbonyl (C=S) groups is 1. The zero-order valence-corrected chi connectivity index (χ0v) is 17.4. The van der Waals surface area contributed by atoms with Gasteiger partial charge in [-0.25, -0.2) is 0 Å². The van der Waals surface area contributed by atoms with Gasteiger partial charge < -0.3 is 15.4 Å². The Morgan fingerprint density at radius 3 is 2.37 bits per heavy atom. The zero-order valence-electron chi connectivity index (χ0n) is 16.6. The van der Waals surface area contributed by atoms with Crippen molar-refractivity contribution >= 4 is 29.1 Å². The van der Waals surface area contributed by atoms with Crippen molar-refractivity contribution < 1.29 is 14.3 Å². The second-order valence-electron chi connectivity index (χ2n) is 6.95. The molecular formula is C19H30N4O3S. The van der Waals surface area contributed by atoms with Crippen molar-refractivity contribution in [2.24, 2.45) is 11.8 Å². The first-order valence-electron chi connectivity index (χ1n) is 9.03. The Morgan fingerprint density at radius 2 is 1.78 bits per heavy atom. The molecule has 0 spiro atoms. The van der Waals surface area contributed by atoms with Crippen LogP contribution in [-0.2, 0) is 4.79 Å². The second-order valence-corrected chi connectivity index (χ2v) is 7.36. The molecule has 8 heteroatoms. The number of hydrazine groups is 1. The second kappa shape index (κ2) is 11.4. The highest BCUT2D eigenvalue weighted by molar-refractivity contribution is 7.80. The van der Waals surface area contributed by atoms with Crippen molar-refractivity contribution in [1.82, 2.24) is 21.5 Å². The Kier molecular flexibility index (Phi) is 9.56. The highest BCUT2D eigenvalue weighted by atomic mass is 32.1. The number of hydrogen-bond acceptors (Lipinski definition) is 4. The zero-order chi connectivity index (χ0) is 20.4. The Labute approximate surface area is 166 Å². The van der Waals surface area contributed by atoms with E-state index in [4.69, 9.17) is 17.0 Å².